The fraction of sp³-hybridized carbons (Fsp3) is 0.370. The molecule has 4 atom stereocenters. The third-order valence-electron chi connectivity index (χ3n) is 8.11. The number of nitrogens with two attached hydrogens (primary N) is 1. The van der Waals surface area contributed by atoms with Crippen molar-refractivity contribution in [3.8, 4) is 16.2 Å². The maximum Gasteiger partial charge on any atom is 0.255 e. The van der Waals surface area contributed by atoms with Gasteiger partial charge in [-0.25, -0.2) is 0 Å². The first-order chi connectivity index (χ1) is 18.4. The Morgan fingerprint density at radius 2 is 1.87 bits per heavy atom. The van der Waals surface area contributed by atoms with Crippen molar-refractivity contribution in [1.82, 2.24) is 4.90 Å². The Labute approximate surface area is 227 Å². The largest absolute Gasteiger partial charge is 0.508 e. The lowest BCUT2D eigenvalue weighted by molar-refractivity contribution is -0.134. The summed E-state index contributed by atoms with van der Waals surface area (Å²) in [5.41, 5.74) is 3.63. The third kappa shape index (κ3) is 3.47. The molecule has 0 radical (unpaired) electrons. The molecule has 3 aliphatic carbocycles. The maximum absolute atomic E-state index is 14.2. The standard InChI is InChI=1S/C27H28N4O7S/c1-30(2)15-10-13(16-6-5-7-39-16)21(32)18-12(15)8-11-9-14-20(31(3)4)23(34)19(26(28)37)25(36)27(14,29-38)24(35)17(11)22(18)33/h5-7,10-11,14,20,32-33,36H,8-9H2,1-4H3,(H2,28,37)/t11-,14-,20-,27-/m0/s1. The Morgan fingerprint density at radius 1 is 1.18 bits per heavy atom. The number of phenolic OH excluding ortho intramolecular Hbond substituents is 1. The van der Waals surface area contributed by atoms with E-state index in [1.165, 1.54) is 16.2 Å². The molecule has 1 aromatic carbocycles. The van der Waals surface area contributed by atoms with Crippen molar-refractivity contribution < 1.29 is 29.7 Å². The van der Waals surface area contributed by atoms with Gasteiger partial charge in [0, 0.05) is 41.7 Å². The van der Waals surface area contributed by atoms with E-state index in [0.717, 1.165) is 10.6 Å². The number of hydrogen-bond acceptors (Lipinski definition) is 11. The monoisotopic (exact) mass is 552 g/mol. The number of Topliss-reactive ketones (excluding diaryl/α,β-unsaturated/α-hetero) is 2. The number of hydrogen-bond donors (Lipinski definition) is 4. The number of fused-ring (bicyclic) bond motifs is 3. The predicted octanol–water partition coefficient (Wildman–Crippen LogP) is 2.53. The molecule has 0 aliphatic heterocycles. The number of rotatable bonds is 5. The van der Waals surface area contributed by atoms with Gasteiger partial charge in [0.1, 0.15) is 22.8 Å². The van der Waals surface area contributed by atoms with Gasteiger partial charge in [0.05, 0.1) is 11.6 Å². The van der Waals surface area contributed by atoms with Crippen LogP contribution in [0.15, 0.2) is 45.7 Å². The molecule has 39 heavy (non-hydrogen) atoms. The molecule has 5 N–H and O–H groups in total. The Kier molecular flexibility index (Phi) is 6.15. The van der Waals surface area contributed by atoms with E-state index in [0.29, 0.717) is 11.1 Å². The van der Waals surface area contributed by atoms with Gasteiger partial charge in [-0.05, 0) is 61.1 Å². The molecule has 3 aliphatic rings. The molecule has 0 unspecified atom stereocenters. The van der Waals surface area contributed by atoms with E-state index < -0.39 is 58.0 Å². The number of thiophene rings is 1. The second-order valence-corrected chi connectivity index (χ2v) is 11.5. The lowest BCUT2D eigenvalue weighted by Gasteiger charge is -2.49. The average molecular weight is 553 g/mol. The normalized spacial score (nSPS) is 26.3. The minimum atomic E-state index is -2.55. The smallest absolute Gasteiger partial charge is 0.255 e. The minimum Gasteiger partial charge on any atom is -0.508 e. The highest BCUT2D eigenvalue weighted by atomic mass is 32.1. The van der Waals surface area contributed by atoms with Gasteiger partial charge in [0.2, 0.25) is 11.3 Å². The van der Waals surface area contributed by atoms with Crippen molar-refractivity contribution in [1.29, 1.82) is 0 Å². The van der Waals surface area contributed by atoms with Gasteiger partial charge in [-0.15, -0.1) is 16.2 Å². The van der Waals surface area contributed by atoms with Gasteiger partial charge >= 0.3 is 0 Å². The number of aromatic hydroxyl groups is 1. The average Bonchev–Trinajstić information content (AvgIpc) is 3.38. The fourth-order valence-corrected chi connectivity index (χ4v) is 7.21. The first kappa shape index (κ1) is 26.6. The van der Waals surface area contributed by atoms with E-state index in [2.05, 4.69) is 5.18 Å². The Morgan fingerprint density at radius 3 is 2.41 bits per heavy atom. The van der Waals surface area contributed by atoms with Gasteiger partial charge in [-0.3, -0.25) is 19.3 Å². The van der Waals surface area contributed by atoms with E-state index in [4.69, 9.17) is 5.73 Å². The topological polar surface area (TPSA) is 174 Å². The molecule has 1 amide bonds. The lowest BCUT2D eigenvalue weighted by atomic mass is 9.56. The van der Waals surface area contributed by atoms with Crippen LogP contribution in [0.5, 0.6) is 5.75 Å². The van der Waals surface area contributed by atoms with Crippen LogP contribution in [0.1, 0.15) is 17.5 Å². The zero-order valence-corrected chi connectivity index (χ0v) is 22.6. The van der Waals surface area contributed by atoms with Crippen molar-refractivity contribution in [2.75, 3.05) is 33.1 Å². The summed E-state index contributed by atoms with van der Waals surface area (Å²) in [7, 11) is 6.75. The van der Waals surface area contributed by atoms with Crippen LogP contribution in [-0.4, -0.2) is 77.5 Å². The number of ketones is 2. The van der Waals surface area contributed by atoms with Gasteiger partial charge in [0.25, 0.3) is 5.91 Å². The number of carbonyl (C=O) groups is 3. The maximum atomic E-state index is 14.2. The van der Waals surface area contributed by atoms with Gasteiger partial charge in [-0.1, -0.05) is 6.07 Å². The number of primary amides is 1. The molecule has 12 heteroatoms. The molecular weight excluding hydrogens is 524 g/mol. The van der Waals surface area contributed by atoms with Crippen LogP contribution in [0, 0.1) is 16.7 Å². The number of nitroso groups, excluding NO2 is 1. The number of benzene rings is 1. The molecule has 204 valence electrons. The number of nitrogens with zero attached hydrogens (tertiary/aromatic N) is 3. The first-order valence-electron chi connectivity index (χ1n) is 12.2. The molecule has 2 aromatic rings. The highest BCUT2D eigenvalue weighted by Gasteiger charge is 2.66. The van der Waals surface area contributed by atoms with Gasteiger partial charge in [-0.2, -0.15) is 0 Å². The number of aliphatic hydroxyl groups is 2. The zero-order chi connectivity index (χ0) is 28.5. The second-order valence-electron chi connectivity index (χ2n) is 10.6. The molecular formula is C27H28N4O7S. The van der Waals surface area contributed by atoms with Crippen LogP contribution in [-0.2, 0) is 20.8 Å². The SMILES string of the molecule is CN(C)c1cc(-c2cccs2)c(O)c2c1C[C@H]1C[C@H]3[C@H](N(C)C)C(=O)C(C(N)=O)=C(O)[C@@]3(N=O)C(=O)C1=C2O. The van der Waals surface area contributed by atoms with E-state index >= 15 is 0 Å². The zero-order valence-electron chi connectivity index (χ0n) is 21.8. The number of phenols is 1. The van der Waals surface area contributed by atoms with Crippen molar-refractivity contribution in [2.45, 2.75) is 24.4 Å². The number of aliphatic hydroxyl groups excluding tert-OH is 2. The van der Waals surface area contributed by atoms with Crippen LogP contribution in [0.2, 0.25) is 0 Å². The third-order valence-corrected chi connectivity index (χ3v) is 9.01. The fourth-order valence-electron chi connectivity index (χ4n) is 6.46. The van der Waals surface area contributed by atoms with Crippen LogP contribution in [0.25, 0.3) is 16.2 Å². The van der Waals surface area contributed by atoms with E-state index in [9.17, 15) is 34.6 Å². The first-order valence-corrected chi connectivity index (χ1v) is 13.1. The summed E-state index contributed by atoms with van der Waals surface area (Å²) < 4.78 is 0. The van der Waals surface area contributed by atoms with Crippen LogP contribution in [0.4, 0.5) is 5.69 Å². The van der Waals surface area contributed by atoms with Crippen molar-refractivity contribution in [3.05, 3.63) is 56.5 Å². The second kappa shape index (κ2) is 9.02. The molecule has 0 bridgehead atoms. The minimum absolute atomic E-state index is 0.0152. The Hall–Kier alpha value is -4.03. The highest BCUT2D eigenvalue weighted by Crippen LogP contribution is 2.56. The van der Waals surface area contributed by atoms with Crippen molar-refractivity contribution >= 4 is 40.3 Å². The van der Waals surface area contributed by atoms with Crippen LogP contribution in [0.3, 0.4) is 0 Å². The van der Waals surface area contributed by atoms with Gasteiger partial charge < -0.3 is 26.0 Å². The number of amides is 1. The summed E-state index contributed by atoms with van der Waals surface area (Å²) in [6, 6.07) is 4.31. The summed E-state index contributed by atoms with van der Waals surface area (Å²) in [5.74, 6) is -6.76. The summed E-state index contributed by atoms with van der Waals surface area (Å²) in [5, 5.41) is 39.0. The number of carbonyl (C=O) groups excluding carboxylic acids is 3. The summed E-state index contributed by atoms with van der Waals surface area (Å²) in [6.07, 6.45) is 0.223. The molecule has 0 saturated heterocycles. The van der Waals surface area contributed by atoms with Gasteiger partial charge in [0.15, 0.2) is 5.78 Å². The summed E-state index contributed by atoms with van der Waals surface area (Å²) in [4.78, 5) is 56.2. The van der Waals surface area contributed by atoms with E-state index in [1.807, 2.05) is 42.6 Å². The van der Waals surface area contributed by atoms with Crippen LogP contribution < -0.4 is 10.6 Å². The van der Waals surface area contributed by atoms with E-state index in [-0.39, 0.29) is 29.7 Å². The Balaban J connectivity index is 1.81. The molecule has 1 aromatic heterocycles. The van der Waals surface area contributed by atoms with E-state index in [1.54, 1.807) is 14.1 Å². The quantitative estimate of drug-likeness (QED) is 0.321. The summed E-state index contributed by atoms with van der Waals surface area (Å²) in [6.45, 7) is 0. The molecule has 1 saturated carbocycles. The van der Waals surface area contributed by atoms with Crippen molar-refractivity contribution in [2.24, 2.45) is 22.7 Å². The molecule has 0 spiro atoms. The lowest BCUT2D eigenvalue weighted by Crippen LogP contribution is -2.64. The molecule has 5 rings (SSSR count). The number of likely N-dealkylation sites (N-methyl/N-ethyl adjacent to an activating group) is 1. The number of anilines is 1. The molecule has 1 heterocycles. The predicted molar refractivity (Wildman–Crippen MR) is 145 cm³/mol. The van der Waals surface area contributed by atoms with Crippen LogP contribution >= 0.6 is 11.3 Å². The van der Waals surface area contributed by atoms with Crippen molar-refractivity contribution in [3.63, 3.8) is 0 Å². The Bertz CT molecular complexity index is 1510. The molecule has 11 nitrogen and oxygen atoms in total. The molecule has 1 fully saturated rings. The summed E-state index contributed by atoms with van der Waals surface area (Å²) >= 11 is 1.39. The highest BCUT2D eigenvalue weighted by molar-refractivity contribution is 7.13.